The standard InChI is InChI=1S/C15H16F2O/c16-11-6-14-12-3-1-9(8-18)5-10(12)2-4-13(14)15(17)7-11/h6-10,12H,1-5H2/t9-,10-,12+/m1/s1. The number of hydrogen-bond donors (Lipinski definition) is 0. The Morgan fingerprint density at radius 3 is 2.78 bits per heavy atom. The predicted molar refractivity (Wildman–Crippen MR) is 64.3 cm³/mol. The molecular formula is C15H16F2O. The third-order valence-electron chi connectivity index (χ3n) is 4.57. The Morgan fingerprint density at radius 1 is 1.17 bits per heavy atom. The topological polar surface area (TPSA) is 17.1 Å². The van der Waals surface area contributed by atoms with Crippen molar-refractivity contribution in [1.82, 2.24) is 0 Å². The Balaban J connectivity index is 1.96. The molecule has 18 heavy (non-hydrogen) atoms. The average Bonchev–Trinajstić information content (AvgIpc) is 2.37. The van der Waals surface area contributed by atoms with Gasteiger partial charge in [-0.05, 0) is 61.1 Å². The third kappa shape index (κ3) is 1.86. The average molecular weight is 250 g/mol. The highest BCUT2D eigenvalue weighted by Crippen LogP contribution is 2.47. The van der Waals surface area contributed by atoms with Crippen LogP contribution in [0.4, 0.5) is 8.78 Å². The molecule has 0 bridgehead atoms. The largest absolute Gasteiger partial charge is 0.303 e. The van der Waals surface area contributed by atoms with Crippen molar-refractivity contribution >= 4 is 6.29 Å². The van der Waals surface area contributed by atoms with Gasteiger partial charge in [0.2, 0.25) is 0 Å². The zero-order chi connectivity index (χ0) is 12.7. The summed E-state index contributed by atoms with van der Waals surface area (Å²) in [6.45, 7) is 0. The number of carbonyl (C=O) groups excluding carboxylic acids is 1. The summed E-state index contributed by atoms with van der Waals surface area (Å²) in [7, 11) is 0. The summed E-state index contributed by atoms with van der Waals surface area (Å²) in [5.74, 6) is -0.0747. The van der Waals surface area contributed by atoms with Crippen LogP contribution < -0.4 is 0 Å². The van der Waals surface area contributed by atoms with Crippen LogP contribution in [-0.2, 0) is 11.2 Å². The summed E-state index contributed by atoms with van der Waals surface area (Å²) < 4.78 is 27.1. The van der Waals surface area contributed by atoms with E-state index in [0.717, 1.165) is 43.6 Å². The molecule has 0 N–H and O–H groups in total. The van der Waals surface area contributed by atoms with Crippen molar-refractivity contribution in [2.45, 2.75) is 38.0 Å². The molecule has 1 aromatic carbocycles. The maximum Gasteiger partial charge on any atom is 0.129 e. The summed E-state index contributed by atoms with van der Waals surface area (Å²) in [6, 6.07) is 2.48. The van der Waals surface area contributed by atoms with Gasteiger partial charge in [0.05, 0.1) is 0 Å². The Kier molecular flexibility index (Phi) is 2.92. The number of rotatable bonds is 1. The van der Waals surface area contributed by atoms with Gasteiger partial charge in [-0.25, -0.2) is 8.78 Å². The highest BCUT2D eigenvalue weighted by Gasteiger charge is 2.36. The van der Waals surface area contributed by atoms with Crippen LogP contribution in [0, 0.1) is 23.5 Å². The second-order valence-corrected chi connectivity index (χ2v) is 5.57. The predicted octanol–water partition coefficient (Wildman–Crippen LogP) is 3.61. The van der Waals surface area contributed by atoms with Crippen molar-refractivity contribution < 1.29 is 13.6 Å². The van der Waals surface area contributed by atoms with Crippen molar-refractivity contribution in [1.29, 1.82) is 0 Å². The van der Waals surface area contributed by atoms with Gasteiger partial charge in [-0.15, -0.1) is 0 Å². The van der Waals surface area contributed by atoms with Gasteiger partial charge >= 0.3 is 0 Å². The van der Waals surface area contributed by atoms with Crippen LogP contribution in [0.15, 0.2) is 12.1 Å². The molecule has 1 nitrogen and oxygen atoms in total. The molecule has 0 amide bonds. The molecule has 0 saturated heterocycles. The maximum atomic E-state index is 13.7. The van der Waals surface area contributed by atoms with E-state index in [4.69, 9.17) is 0 Å². The van der Waals surface area contributed by atoms with E-state index in [9.17, 15) is 13.6 Å². The fraction of sp³-hybridized carbons (Fsp3) is 0.533. The molecule has 96 valence electrons. The number of halogens is 2. The van der Waals surface area contributed by atoms with Crippen LogP contribution in [0.3, 0.4) is 0 Å². The number of benzene rings is 1. The summed E-state index contributed by atoms with van der Waals surface area (Å²) in [5, 5.41) is 0. The van der Waals surface area contributed by atoms with Crippen LogP contribution in [0.5, 0.6) is 0 Å². The lowest BCUT2D eigenvalue weighted by Crippen LogP contribution is -2.29. The van der Waals surface area contributed by atoms with Gasteiger partial charge in [0.1, 0.15) is 17.9 Å². The number of fused-ring (bicyclic) bond motifs is 3. The molecule has 1 aromatic rings. The fourth-order valence-corrected chi connectivity index (χ4v) is 3.70. The number of hydrogen-bond acceptors (Lipinski definition) is 1. The summed E-state index contributed by atoms with van der Waals surface area (Å²) in [4.78, 5) is 10.9. The minimum Gasteiger partial charge on any atom is -0.303 e. The lowest BCUT2D eigenvalue weighted by molar-refractivity contribution is -0.112. The van der Waals surface area contributed by atoms with Gasteiger partial charge in [-0.2, -0.15) is 0 Å². The highest BCUT2D eigenvalue weighted by molar-refractivity contribution is 5.54. The monoisotopic (exact) mass is 250 g/mol. The molecule has 1 saturated carbocycles. The quantitative estimate of drug-likeness (QED) is 0.696. The third-order valence-corrected chi connectivity index (χ3v) is 4.57. The lowest BCUT2D eigenvalue weighted by atomic mass is 9.65. The zero-order valence-corrected chi connectivity index (χ0v) is 10.2. The fourth-order valence-electron chi connectivity index (χ4n) is 3.70. The molecule has 0 aromatic heterocycles. The van der Waals surface area contributed by atoms with Gasteiger partial charge in [-0.3, -0.25) is 0 Å². The van der Waals surface area contributed by atoms with Crippen molar-refractivity contribution in [2.75, 3.05) is 0 Å². The normalized spacial score (nSPS) is 30.4. The van der Waals surface area contributed by atoms with Crippen molar-refractivity contribution in [3.05, 3.63) is 34.9 Å². The smallest absolute Gasteiger partial charge is 0.129 e. The van der Waals surface area contributed by atoms with E-state index in [1.165, 1.54) is 6.07 Å². The molecule has 0 heterocycles. The molecule has 0 aliphatic heterocycles. The Bertz CT molecular complexity index is 484. The minimum absolute atomic E-state index is 0.145. The first-order chi connectivity index (χ1) is 8.69. The maximum absolute atomic E-state index is 13.7. The molecule has 3 rings (SSSR count). The second kappa shape index (κ2) is 4.45. The van der Waals surface area contributed by atoms with Crippen LogP contribution in [0.2, 0.25) is 0 Å². The Hall–Kier alpha value is -1.25. The van der Waals surface area contributed by atoms with Crippen LogP contribution in [0.1, 0.15) is 42.7 Å². The molecule has 0 unspecified atom stereocenters. The van der Waals surface area contributed by atoms with E-state index in [1.807, 2.05) is 0 Å². The van der Waals surface area contributed by atoms with Crippen LogP contribution in [0.25, 0.3) is 0 Å². The van der Waals surface area contributed by atoms with Gasteiger partial charge in [-0.1, -0.05) is 0 Å². The first-order valence-electron chi connectivity index (χ1n) is 6.62. The number of carbonyl (C=O) groups is 1. The SMILES string of the molecule is O=C[C@@H]1CC[C@@H]2c3cc(F)cc(F)c3CC[C@@H]2C1. The molecule has 3 atom stereocenters. The van der Waals surface area contributed by atoms with E-state index < -0.39 is 11.6 Å². The second-order valence-electron chi connectivity index (χ2n) is 5.57. The zero-order valence-electron chi connectivity index (χ0n) is 10.2. The van der Waals surface area contributed by atoms with E-state index in [-0.39, 0.29) is 11.8 Å². The highest BCUT2D eigenvalue weighted by atomic mass is 19.1. The minimum atomic E-state index is -0.482. The molecule has 0 radical (unpaired) electrons. The number of aldehydes is 1. The van der Waals surface area contributed by atoms with Crippen molar-refractivity contribution in [2.24, 2.45) is 11.8 Å². The van der Waals surface area contributed by atoms with E-state index in [0.29, 0.717) is 17.9 Å². The molecule has 2 aliphatic rings. The molecule has 3 heteroatoms. The van der Waals surface area contributed by atoms with Crippen molar-refractivity contribution in [3.63, 3.8) is 0 Å². The molecule has 1 fully saturated rings. The summed E-state index contributed by atoms with van der Waals surface area (Å²) >= 11 is 0. The van der Waals surface area contributed by atoms with E-state index in [1.54, 1.807) is 0 Å². The van der Waals surface area contributed by atoms with Crippen LogP contribution in [-0.4, -0.2) is 6.29 Å². The molecular weight excluding hydrogens is 234 g/mol. The van der Waals surface area contributed by atoms with E-state index in [2.05, 4.69) is 0 Å². The van der Waals surface area contributed by atoms with Gasteiger partial charge in [0, 0.05) is 12.0 Å². The van der Waals surface area contributed by atoms with E-state index >= 15 is 0 Å². The van der Waals surface area contributed by atoms with Crippen molar-refractivity contribution in [3.8, 4) is 0 Å². The van der Waals surface area contributed by atoms with Crippen LogP contribution >= 0.6 is 0 Å². The summed E-state index contributed by atoms with van der Waals surface area (Å²) in [6.07, 6.45) is 5.24. The van der Waals surface area contributed by atoms with Gasteiger partial charge in [0.15, 0.2) is 0 Å². The van der Waals surface area contributed by atoms with Gasteiger partial charge in [0.25, 0.3) is 0 Å². The molecule has 0 spiro atoms. The van der Waals surface area contributed by atoms with Gasteiger partial charge < -0.3 is 4.79 Å². The molecule has 2 aliphatic carbocycles. The lowest BCUT2D eigenvalue weighted by Gasteiger charge is -2.39. The Labute approximate surface area is 105 Å². The first kappa shape index (κ1) is 11.8. The Morgan fingerprint density at radius 2 is 2.00 bits per heavy atom. The first-order valence-corrected chi connectivity index (χ1v) is 6.62. The summed E-state index contributed by atoms with van der Waals surface area (Å²) in [5.41, 5.74) is 1.55.